The maximum atomic E-state index is 12.7. The van der Waals surface area contributed by atoms with Crippen LogP contribution in [-0.4, -0.2) is 61.6 Å². The second-order valence-corrected chi connectivity index (χ2v) is 8.45. The Morgan fingerprint density at radius 1 is 0.821 bits per heavy atom. The molecule has 11 heteroatoms. The number of fused-ring (bicyclic) bond motifs is 1. The number of phenols is 3. The molecule has 4 N–H and O–H groups in total. The van der Waals surface area contributed by atoms with Crippen LogP contribution in [-0.2, 0) is 4.74 Å². The highest BCUT2D eigenvalue weighted by Gasteiger charge is 2.29. The number of aliphatic hydroxyl groups excluding tert-OH is 1. The fourth-order valence-corrected chi connectivity index (χ4v) is 4.25. The Morgan fingerprint density at radius 3 is 2.08 bits per heavy atom. The van der Waals surface area contributed by atoms with Crippen molar-refractivity contribution in [2.45, 2.75) is 12.2 Å². The van der Waals surface area contributed by atoms with Gasteiger partial charge in [-0.3, -0.25) is 4.79 Å². The topological polar surface area (TPSA) is 157 Å². The van der Waals surface area contributed by atoms with Crippen molar-refractivity contribution in [2.75, 3.05) is 35.0 Å². The summed E-state index contributed by atoms with van der Waals surface area (Å²) in [5.74, 6) is 0.155. The third-order valence-electron chi connectivity index (χ3n) is 6.11. The number of hydrogen-bond donors (Lipinski definition) is 4. The Kier molecular flexibility index (Phi) is 8.03. The Balaban J connectivity index is 1.76. The molecule has 1 heterocycles. The lowest BCUT2D eigenvalue weighted by Gasteiger charge is -2.27. The molecule has 0 fully saturated rings. The van der Waals surface area contributed by atoms with Gasteiger partial charge in [0.1, 0.15) is 34.3 Å². The summed E-state index contributed by atoms with van der Waals surface area (Å²) in [6.45, 7) is -0.456. The number of phenolic OH excluding ortho intramolecular Hbond substituents is 3. The first kappa shape index (κ1) is 27.4. The van der Waals surface area contributed by atoms with Crippen LogP contribution in [0.25, 0.3) is 22.3 Å². The number of rotatable bonds is 10. The molecule has 0 saturated heterocycles. The summed E-state index contributed by atoms with van der Waals surface area (Å²) in [7, 11) is 5.68. The van der Waals surface area contributed by atoms with Gasteiger partial charge in [0.2, 0.25) is 5.75 Å². The van der Waals surface area contributed by atoms with Crippen LogP contribution in [0.4, 0.5) is 0 Å². The number of hydrogen-bond acceptors (Lipinski definition) is 11. The van der Waals surface area contributed by atoms with Crippen LogP contribution in [0.3, 0.4) is 0 Å². The van der Waals surface area contributed by atoms with E-state index < -0.39 is 30.0 Å². The van der Waals surface area contributed by atoms with Crippen molar-refractivity contribution < 1.29 is 48.5 Å². The Hall–Kier alpha value is -4.61. The number of benzene rings is 3. The average molecular weight is 541 g/mol. The molecule has 2 unspecified atom stereocenters. The van der Waals surface area contributed by atoms with Crippen molar-refractivity contribution in [2.24, 2.45) is 0 Å². The standard InChI is InChI=1S/C28H28O11/c1-34-21-7-14(5-6-17(21)31)27(37-4)25(13-29)39-28-23(35-2)8-15(9-24(28)36-3)20-12-19(33)26-18(32)10-16(30)11-22(26)38-20/h5-12,25,27,29-32H,13H2,1-4H3. The van der Waals surface area contributed by atoms with Crippen LogP contribution in [0.5, 0.6) is 40.2 Å². The van der Waals surface area contributed by atoms with E-state index >= 15 is 0 Å². The number of methoxy groups -OCH3 is 4. The molecule has 206 valence electrons. The summed E-state index contributed by atoms with van der Waals surface area (Å²) in [5.41, 5.74) is 0.422. The highest BCUT2D eigenvalue weighted by molar-refractivity contribution is 5.86. The summed E-state index contributed by atoms with van der Waals surface area (Å²) < 4.78 is 33.8. The van der Waals surface area contributed by atoms with Crippen molar-refractivity contribution in [3.05, 3.63) is 64.3 Å². The number of ether oxygens (including phenoxy) is 5. The molecule has 11 nitrogen and oxygen atoms in total. The van der Waals surface area contributed by atoms with E-state index in [9.17, 15) is 25.2 Å². The van der Waals surface area contributed by atoms with E-state index in [0.717, 1.165) is 6.07 Å². The molecule has 0 radical (unpaired) electrons. The first-order chi connectivity index (χ1) is 18.7. The van der Waals surface area contributed by atoms with Crippen LogP contribution < -0.4 is 24.4 Å². The van der Waals surface area contributed by atoms with Crippen molar-refractivity contribution in [3.63, 3.8) is 0 Å². The van der Waals surface area contributed by atoms with Crippen molar-refractivity contribution >= 4 is 11.0 Å². The maximum absolute atomic E-state index is 12.7. The highest BCUT2D eigenvalue weighted by atomic mass is 16.6. The predicted octanol–water partition coefficient (Wildman–Crippen LogP) is 3.73. The minimum atomic E-state index is -0.942. The summed E-state index contributed by atoms with van der Waals surface area (Å²) in [6.07, 6.45) is -1.72. The van der Waals surface area contributed by atoms with Gasteiger partial charge in [0.25, 0.3) is 0 Å². The zero-order valence-corrected chi connectivity index (χ0v) is 21.6. The van der Waals surface area contributed by atoms with E-state index in [1.165, 1.54) is 46.6 Å². The molecule has 4 rings (SSSR count). The monoisotopic (exact) mass is 540 g/mol. The van der Waals surface area contributed by atoms with Gasteiger partial charge in [0, 0.05) is 30.9 Å². The molecule has 1 aromatic heterocycles. The van der Waals surface area contributed by atoms with Gasteiger partial charge in [-0.15, -0.1) is 0 Å². The summed E-state index contributed by atoms with van der Waals surface area (Å²) in [5, 5.41) is 40.0. The third kappa shape index (κ3) is 5.35. The van der Waals surface area contributed by atoms with E-state index in [-0.39, 0.29) is 51.2 Å². The third-order valence-corrected chi connectivity index (χ3v) is 6.11. The van der Waals surface area contributed by atoms with E-state index in [4.69, 9.17) is 28.1 Å². The SMILES string of the molecule is COc1cc(C(OC)C(CO)Oc2c(OC)cc(-c3cc(=O)c4c(O)cc(O)cc4o3)cc2OC)ccc1O. The largest absolute Gasteiger partial charge is 0.508 e. The van der Waals surface area contributed by atoms with Crippen LogP contribution in [0.15, 0.2) is 57.7 Å². The van der Waals surface area contributed by atoms with Crippen LogP contribution in [0.2, 0.25) is 0 Å². The Bertz CT molecular complexity index is 1520. The summed E-state index contributed by atoms with van der Waals surface area (Å²) in [6, 6.07) is 11.2. The molecule has 2 atom stereocenters. The molecule has 0 saturated carbocycles. The quantitative estimate of drug-likeness (QED) is 0.232. The smallest absolute Gasteiger partial charge is 0.204 e. The predicted molar refractivity (Wildman–Crippen MR) is 140 cm³/mol. The lowest BCUT2D eigenvalue weighted by molar-refractivity contribution is -0.0273. The first-order valence-electron chi connectivity index (χ1n) is 11.7. The van der Waals surface area contributed by atoms with Gasteiger partial charge in [-0.1, -0.05) is 6.07 Å². The fourth-order valence-electron chi connectivity index (χ4n) is 4.25. The lowest BCUT2D eigenvalue weighted by atomic mass is 10.0. The number of aliphatic hydroxyl groups is 1. The minimum Gasteiger partial charge on any atom is -0.508 e. The van der Waals surface area contributed by atoms with Crippen LogP contribution >= 0.6 is 0 Å². The molecule has 0 amide bonds. The molecular formula is C28H28O11. The summed E-state index contributed by atoms with van der Waals surface area (Å²) >= 11 is 0. The second kappa shape index (κ2) is 11.4. The molecule has 0 aliphatic rings. The number of aromatic hydroxyl groups is 3. The van der Waals surface area contributed by atoms with E-state index in [2.05, 4.69) is 0 Å². The molecule has 4 aromatic rings. The minimum absolute atomic E-state index is 0.0131. The van der Waals surface area contributed by atoms with E-state index in [1.54, 1.807) is 24.3 Å². The van der Waals surface area contributed by atoms with Gasteiger partial charge >= 0.3 is 0 Å². The molecular weight excluding hydrogens is 512 g/mol. The van der Waals surface area contributed by atoms with Gasteiger partial charge in [0.15, 0.2) is 34.5 Å². The molecule has 0 spiro atoms. The van der Waals surface area contributed by atoms with Crippen molar-refractivity contribution in [3.8, 4) is 51.6 Å². The van der Waals surface area contributed by atoms with Crippen molar-refractivity contribution in [1.29, 1.82) is 0 Å². The lowest BCUT2D eigenvalue weighted by Crippen LogP contribution is -2.30. The maximum Gasteiger partial charge on any atom is 0.204 e. The van der Waals surface area contributed by atoms with E-state index in [0.29, 0.717) is 11.1 Å². The molecule has 0 aliphatic carbocycles. The van der Waals surface area contributed by atoms with Gasteiger partial charge in [-0.25, -0.2) is 0 Å². The highest BCUT2D eigenvalue weighted by Crippen LogP contribution is 2.44. The fraction of sp³-hybridized carbons (Fsp3) is 0.250. The zero-order chi connectivity index (χ0) is 28.3. The van der Waals surface area contributed by atoms with Crippen molar-refractivity contribution in [1.82, 2.24) is 0 Å². The van der Waals surface area contributed by atoms with Gasteiger partial charge in [0.05, 0.1) is 27.9 Å². The van der Waals surface area contributed by atoms with Crippen LogP contribution in [0, 0.1) is 0 Å². The average Bonchev–Trinajstić information content (AvgIpc) is 2.92. The van der Waals surface area contributed by atoms with Gasteiger partial charge in [-0.05, 0) is 29.8 Å². The van der Waals surface area contributed by atoms with E-state index in [1.807, 2.05) is 0 Å². The van der Waals surface area contributed by atoms with Gasteiger partial charge < -0.3 is 48.5 Å². The summed E-state index contributed by atoms with van der Waals surface area (Å²) in [4.78, 5) is 12.7. The Labute approximate surface area is 222 Å². The molecule has 0 bridgehead atoms. The first-order valence-corrected chi connectivity index (χ1v) is 11.7. The Morgan fingerprint density at radius 2 is 1.49 bits per heavy atom. The molecule has 3 aromatic carbocycles. The second-order valence-electron chi connectivity index (χ2n) is 8.45. The zero-order valence-electron chi connectivity index (χ0n) is 21.6. The molecule has 0 aliphatic heterocycles. The van der Waals surface area contributed by atoms with Crippen LogP contribution in [0.1, 0.15) is 11.7 Å². The van der Waals surface area contributed by atoms with Gasteiger partial charge in [-0.2, -0.15) is 0 Å². The molecule has 39 heavy (non-hydrogen) atoms. The normalized spacial score (nSPS) is 12.6.